The number of aliphatic hydroxyl groups is 1. The number of β-amino-alcohol motifs (C(OH)–C–C–N with tert-alkyl or cyclic N) is 1. The van der Waals surface area contributed by atoms with Gasteiger partial charge in [-0.1, -0.05) is 0 Å². The predicted octanol–water partition coefficient (Wildman–Crippen LogP) is 0.608. The van der Waals surface area contributed by atoms with Crippen LogP contribution in [0.2, 0.25) is 0 Å². The minimum absolute atomic E-state index is 0.0812. The van der Waals surface area contributed by atoms with Gasteiger partial charge < -0.3 is 19.8 Å². The molecule has 5 nitrogen and oxygen atoms in total. The summed E-state index contributed by atoms with van der Waals surface area (Å²) in [5, 5.41) is 19.2. The lowest BCUT2D eigenvalue weighted by molar-refractivity contribution is -0.0669. The monoisotopic (exact) mass is 237 g/mol. The molecule has 0 atom stereocenters. The van der Waals surface area contributed by atoms with E-state index in [1.807, 2.05) is 0 Å². The van der Waals surface area contributed by atoms with E-state index < -0.39 is 5.60 Å². The van der Waals surface area contributed by atoms with E-state index in [2.05, 4.69) is 0 Å². The number of rotatable bonds is 2. The van der Waals surface area contributed by atoms with Crippen LogP contribution in [0, 0.1) is 0 Å². The summed E-state index contributed by atoms with van der Waals surface area (Å²) in [7, 11) is 1.50. The first-order chi connectivity index (χ1) is 7.93. The minimum atomic E-state index is -0.815. The second-order valence-electron chi connectivity index (χ2n) is 4.54. The summed E-state index contributed by atoms with van der Waals surface area (Å²) in [5.41, 5.74) is -0.621. The van der Waals surface area contributed by atoms with Crippen molar-refractivity contribution in [3.8, 4) is 11.5 Å². The number of phenols is 1. The van der Waals surface area contributed by atoms with Gasteiger partial charge in [0.2, 0.25) is 0 Å². The molecule has 1 saturated heterocycles. The smallest absolute Gasteiger partial charge is 0.257 e. The molecule has 92 valence electrons. The van der Waals surface area contributed by atoms with Crippen molar-refractivity contribution in [1.29, 1.82) is 0 Å². The van der Waals surface area contributed by atoms with Crippen LogP contribution in [-0.2, 0) is 0 Å². The number of hydrogen-bond donors (Lipinski definition) is 2. The lowest BCUT2D eigenvalue weighted by atomic mass is 9.95. The van der Waals surface area contributed by atoms with Crippen LogP contribution < -0.4 is 4.74 Å². The molecule has 0 saturated carbocycles. The SMILES string of the molecule is COc1ccc(O)c(C(=O)N2CC(C)(O)C2)c1. The number of hydrogen-bond acceptors (Lipinski definition) is 4. The van der Waals surface area contributed by atoms with Crippen molar-refractivity contribution in [2.24, 2.45) is 0 Å². The first kappa shape index (κ1) is 11.7. The number of phenolic OH excluding ortho intramolecular Hbond substituents is 1. The summed E-state index contributed by atoms with van der Waals surface area (Å²) in [6, 6.07) is 4.49. The summed E-state index contributed by atoms with van der Waals surface area (Å²) < 4.78 is 5.00. The molecule has 0 aliphatic carbocycles. The van der Waals surface area contributed by atoms with E-state index in [1.165, 1.54) is 24.1 Å². The summed E-state index contributed by atoms with van der Waals surface area (Å²) in [4.78, 5) is 13.5. The average molecular weight is 237 g/mol. The third kappa shape index (κ3) is 2.19. The zero-order chi connectivity index (χ0) is 12.6. The maximum absolute atomic E-state index is 12.0. The van der Waals surface area contributed by atoms with Crippen LogP contribution in [-0.4, -0.2) is 46.8 Å². The standard InChI is InChI=1S/C12H15NO4/c1-12(16)6-13(7-12)11(15)9-5-8(17-2)3-4-10(9)14/h3-5,14,16H,6-7H2,1-2H3. The van der Waals surface area contributed by atoms with Gasteiger partial charge in [0.15, 0.2) is 0 Å². The molecule has 17 heavy (non-hydrogen) atoms. The molecular formula is C12H15NO4. The van der Waals surface area contributed by atoms with Gasteiger partial charge in [-0.25, -0.2) is 0 Å². The molecule has 1 aromatic carbocycles. The van der Waals surface area contributed by atoms with Gasteiger partial charge in [0, 0.05) is 0 Å². The van der Waals surface area contributed by atoms with Crippen molar-refractivity contribution in [3.05, 3.63) is 23.8 Å². The number of methoxy groups -OCH3 is 1. The Kier molecular flexibility index (Phi) is 2.71. The van der Waals surface area contributed by atoms with Crippen molar-refractivity contribution in [3.63, 3.8) is 0 Å². The molecule has 0 radical (unpaired) electrons. The van der Waals surface area contributed by atoms with Crippen LogP contribution in [0.15, 0.2) is 18.2 Å². The van der Waals surface area contributed by atoms with Gasteiger partial charge in [0.05, 0.1) is 31.4 Å². The predicted molar refractivity (Wildman–Crippen MR) is 61.2 cm³/mol. The van der Waals surface area contributed by atoms with Gasteiger partial charge >= 0.3 is 0 Å². The van der Waals surface area contributed by atoms with Gasteiger partial charge in [-0.05, 0) is 25.1 Å². The second kappa shape index (κ2) is 3.92. The number of benzene rings is 1. The fraction of sp³-hybridized carbons (Fsp3) is 0.417. The fourth-order valence-corrected chi connectivity index (χ4v) is 1.90. The topological polar surface area (TPSA) is 70.0 Å². The third-order valence-corrected chi connectivity index (χ3v) is 2.78. The lowest BCUT2D eigenvalue weighted by Crippen LogP contribution is -2.61. The summed E-state index contributed by atoms with van der Waals surface area (Å²) >= 11 is 0. The fourth-order valence-electron chi connectivity index (χ4n) is 1.90. The van der Waals surface area contributed by atoms with Crippen LogP contribution in [0.25, 0.3) is 0 Å². The van der Waals surface area contributed by atoms with Gasteiger partial charge in [0.1, 0.15) is 11.5 Å². The van der Waals surface area contributed by atoms with Gasteiger partial charge in [-0.2, -0.15) is 0 Å². The van der Waals surface area contributed by atoms with Gasteiger partial charge in [-0.15, -0.1) is 0 Å². The Hall–Kier alpha value is -1.75. The number of aromatic hydroxyl groups is 1. The summed E-state index contributed by atoms with van der Waals surface area (Å²) in [6.45, 7) is 2.23. The molecule has 0 aromatic heterocycles. The number of nitrogens with zero attached hydrogens (tertiary/aromatic N) is 1. The van der Waals surface area contributed by atoms with Crippen molar-refractivity contribution in [1.82, 2.24) is 4.90 Å². The molecule has 2 N–H and O–H groups in total. The number of amides is 1. The van der Waals surface area contributed by atoms with Crippen LogP contribution in [0.5, 0.6) is 11.5 Å². The first-order valence-corrected chi connectivity index (χ1v) is 5.31. The molecule has 1 fully saturated rings. The maximum Gasteiger partial charge on any atom is 0.257 e. The lowest BCUT2D eigenvalue weighted by Gasteiger charge is -2.44. The largest absolute Gasteiger partial charge is 0.507 e. The molecule has 0 unspecified atom stereocenters. The highest BCUT2D eigenvalue weighted by molar-refractivity contribution is 5.97. The van der Waals surface area contributed by atoms with Crippen molar-refractivity contribution < 1.29 is 19.7 Å². The summed E-state index contributed by atoms with van der Waals surface area (Å²) in [6.07, 6.45) is 0. The molecule has 0 spiro atoms. The Labute approximate surface area is 99.2 Å². The van der Waals surface area contributed by atoms with Gasteiger partial charge in [0.25, 0.3) is 5.91 Å². The normalized spacial score (nSPS) is 17.5. The molecule has 0 bridgehead atoms. The van der Waals surface area contributed by atoms with E-state index in [9.17, 15) is 15.0 Å². The van der Waals surface area contributed by atoms with E-state index in [1.54, 1.807) is 13.0 Å². The molecule has 1 amide bonds. The number of likely N-dealkylation sites (tertiary alicyclic amines) is 1. The van der Waals surface area contributed by atoms with Crippen LogP contribution >= 0.6 is 0 Å². The van der Waals surface area contributed by atoms with Crippen LogP contribution in [0.1, 0.15) is 17.3 Å². The highest BCUT2D eigenvalue weighted by atomic mass is 16.5. The Morgan fingerprint density at radius 1 is 1.47 bits per heavy atom. The number of carbonyl (C=O) groups is 1. The Balaban J connectivity index is 2.20. The Morgan fingerprint density at radius 2 is 2.12 bits per heavy atom. The zero-order valence-electron chi connectivity index (χ0n) is 9.80. The van der Waals surface area contributed by atoms with Crippen molar-refractivity contribution >= 4 is 5.91 Å². The third-order valence-electron chi connectivity index (χ3n) is 2.78. The first-order valence-electron chi connectivity index (χ1n) is 5.31. The molecule has 1 heterocycles. The van der Waals surface area contributed by atoms with Crippen molar-refractivity contribution in [2.75, 3.05) is 20.2 Å². The van der Waals surface area contributed by atoms with E-state index >= 15 is 0 Å². The molecular weight excluding hydrogens is 222 g/mol. The molecule has 2 rings (SSSR count). The maximum atomic E-state index is 12.0. The van der Waals surface area contributed by atoms with E-state index in [-0.39, 0.29) is 30.3 Å². The van der Waals surface area contributed by atoms with Crippen LogP contribution in [0.4, 0.5) is 0 Å². The van der Waals surface area contributed by atoms with Crippen molar-refractivity contribution in [2.45, 2.75) is 12.5 Å². The second-order valence-corrected chi connectivity index (χ2v) is 4.54. The van der Waals surface area contributed by atoms with E-state index in [4.69, 9.17) is 4.74 Å². The molecule has 1 aromatic rings. The Morgan fingerprint density at radius 3 is 2.65 bits per heavy atom. The molecule has 5 heteroatoms. The average Bonchev–Trinajstić information content (AvgIpc) is 2.25. The molecule has 1 aliphatic rings. The van der Waals surface area contributed by atoms with E-state index in [0.29, 0.717) is 5.75 Å². The quantitative estimate of drug-likeness (QED) is 0.790. The molecule has 1 aliphatic heterocycles. The Bertz CT molecular complexity index is 448. The van der Waals surface area contributed by atoms with Crippen LogP contribution in [0.3, 0.4) is 0 Å². The highest BCUT2D eigenvalue weighted by Gasteiger charge is 2.40. The van der Waals surface area contributed by atoms with E-state index in [0.717, 1.165) is 0 Å². The summed E-state index contributed by atoms with van der Waals surface area (Å²) in [5.74, 6) is 0.133. The van der Waals surface area contributed by atoms with Gasteiger partial charge in [-0.3, -0.25) is 4.79 Å². The number of carbonyl (C=O) groups excluding carboxylic acids is 1. The number of ether oxygens (including phenoxy) is 1. The highest BCUT2D eigenvalue weighted by Crippen LogP contribution is 2.28. The zero-order valence-corrected chi connectivity index (χ0v) is 9.80. The minimum Gasteiger partial charge on any atom is -0.507 e.